The van der Waals surface area contributed by atoms with Gasteiger partial charge in [0.2, 0.25) is 0 Å². The van der Waals surface area contributed by atoms with Crippen molar-refractivity contribution in [2.45, 2.75) is 25.7 Å². The Balaban J connectivity index is 1.36. The molecule has 1 saturated carbocycles. The second kappa shape index (κ2) is 5.89. The van der Waals surface area contributed by atoms with E-state index < -0.39 is 0 Å². The first-order chi connectivity index (χ1) is 12.7. The fraction of sp³-hybridized carbons (Fsp3) is 0.500. The van der Waals surface area contributed by atoms with Gasteiger partial charge in [0.15, 0.2) is 17.0 Å². The zero-order valence-corrected chi connectivity index (χ0v) is 15.1. The predicted molar refractivity (Wildman–Crippen MR) is 99.5 cm³/mol. The molecule has 4 heterocycles. The quantitative estimate of drug-likeness (QED) is 0.711. The molecule has 0 aromatic carbocycles. The molecule has 2 aliphatic rings. The molecule has 1 saturated heterocycles. The minimum absolute atomic E-state index is 0.577. The summed E-state index contributed by atoms with van der Waals surface area (Å²) in [6.07, 6.45) is 5.87. The summed E-state index contributed by atoms with van der Waals surface area (Å²) >= 11 is 0. The first-order valence-electron chi connectivity index (χ1n) is 9.16. The van der Waals surface area contributed by atoms with Crippen molar-refractivity contribution in [2.75, 3.05) is 36.0 Å². The summed E-state index contributed by atoms with van der Waals surface area (Å²) in [6.45, 7) is 5.68. The summed E-state index contributed by atoms with van der Waals surface area (Å²) in [5.74, 6) is 3.58. The van der Waals surface area contributed by atoms with Crippen molar-refractivity contribution in [3.05, 3.63) is 30.2 Å². The average molecular weight is 350 g/mol. The van der Waals surface area contributed by atoms with Crippen molar-refractivity contribution in [3.8, 4) is 0 Å². The predicted octanol–water partition coefficient (Wildman–Crippen LogP) is 1.67. The molecule has 3 aromatic heterocycles. The molecule has 5 rings (SSSR count). The van der Waals surface area contributed by atoms with Crippen molar-refractivity contribution in [1.82, 2.24) is 29.5 Å². The number of anilines is 2. The third kappa shape index (κ3) is 2.65. The van der Waals surface area contributed by atoms with Crippen LogP contribution in [0.3, 0.4) is 0 Å². The van der Waals surface area contributed by atoms with Crippen LogP contribution in [0.25, 0.3) is 11.2 Å². The Hall–Kier alpha value is -2.77. The maximum Gasteiger partial charge on any atom is 0.165 e. The molecule has 2 fully saturated rings. The van der Waals surface area contributed by atoms with Crippen LogP contribution in [0, 0.1) is 6.92 Å². The van der Waals surface area contributed by atoms with Gasteiger partial charge in [0.1, 0.15) is 18.0 Å². The number of aromatic nitrogens is 6. The molecule has 0 spiro atoms. The van der Waals surface area contributed by atoms with Crippen molar-refractivity contribution < 1.29 is 0 Å². The molecular weight excluding hydrogens is 328 g/mol. The number of hydrogen-bond acceptors (Lipinski definition) is 7. The fourth-order valence-corrected chi connectivity index (χ4v) is 3.57. The zero-order chi connectivity index (χ0) is 17.7. The third-order valence-electron chi connectivity index (χ3n) is 5.18. The third-order valence-corrected chi connectivity index (χ3v) is 5.18. The van der Waals surface area contributed by atoms with Crippen LogP contribution in [0.1, 0.15) is 30.3 Å². The molecule has 0 radical (unpaired) electrons. The summed E-state index contributed by atoms with van der Waals surface area (Å²) < 4.78 is 1.93. The molecule has 3 aromatic rings. The van der Waals surface area contributed by atoms with Crippen LogP contribution in [0.5, 0.6) is 0 Å². The van der Waals surface area contributed by atoms with Gasteiger partial charge in [-0.25, -0.2) is 24.9 Å². The minimum atomic E-state index is 0.577. The topological polar surface area (TPSA) is 75.9 Å². The van der Waals surface area contributed by atoms with Gasteiger partial charge < -0.3 is 14.4 Å². The van der Waals surface area contributed by atoms with Crippen LogP contribution in [0.2, 0.25) is 0 Å². The van der Waals surface area contributed by atoms with Gasteiger partial charge in [-0.3, -0.25) is 0 Å². The molecule has 0 amide bonds. The lowest BCUT2D eigenvalue weighted by atomic mass is 10.2. The zero-order valence-electron chi connectivity index (χ0n) is 15.1. The van der Waals surface area contributed by atoms with Gasteiger partial charge in [0.05, 0.1) is 6.33 Å². The number of rotatable bonds is 3. The van der Waals surface area contributed by atoms with Crippen LogP contribution >= 0.6 is 0 Å². The highest BCUT2D eigenvalue weighted by atomic mass is 15.3. The molecule has 0 bridgehead atoms. The van der Waals surface area contributed by atoms with Crippen LogP contribution in [-0.2, 0) is 7.05 Å². The number of hydrogen-bond donors (Lipinski definition) is 0. The number of imidazole rings is 1. The molecule has 1 aliphatic carbocycles. The van der Waals surface area contributed by atoms with E-state index in [-0.39, 0.29) is 0 Å². The van der Waals surface area contributed by atoms with E-state index in [0.29, 0.717) is 5.92 Å². The highest BCUT2D eigenvalue weighted by Crippen LogP contribution is 2.38. The number of aryl methyl sites for hydroxylation is 2. The standard InChI is InChI=1S/C18H22N8/c1-12-9-14(23-16(22-12)13-3-4-13)25-5-7-26(8-6-25)18-15-17(19-10-20-18)24(2)11-21-15/h9-11,13H,3-8H2,1-2H3. The second-order valence-corrected chi connectivity index (χ2v) is 7.20. The SMILES string of the molecule is Cc1cc(N2CCN(c3ncnc4c3ncn4C)CC2)nc(C2CC2)n1. The summed E-state index contributed by atoms with van der Waals surface area (Å²) in [6, 6.07) is 2.10. The monoisotopic (exact) mass is 350 g/mol. The van der Waals surface area contributed by atoms with Crippen LogP contribution in [-0.4, -0.2) is 55.7 Å². The first-order valence-corrected chi connectivity index (χ1v) is 9.16. The minimum Gasteiger partial charge on any atom is -0.353 e. The second-order valence-electron chi connectivity index (χ2n) is 7.20. The van der Waals surface area contributed by atoms with Crippen molar-refractivity contribution in [3.63, 3.8) is 0 Å². The smallest absolute Gasteiger partial charge is 0.165 e. The van der Waals surface area contributed by atoms with E-state index in [1.165, 1.54) is 12.8 Å². The van der Waals surface area contributed by atoms with Gasteiger partial charge in [-0.05, 0) is 19.8 Å². The fourth-order valence-electron chi connectivity index (χ4n) is 3.57. The molecule has 1 aliphatic heterocycles. The lowest BCUT2D eigenvalue weighted by Gasteiger charge is -2.36. The van der Waals surface area contributed by atoms with Gasteiger partial charge in [0, 0.05) is 50.9 Å². The maximum atomic E-state index is 4.83. The lowest BCUT2D eigenvalue weighted by Crippen LogP contribution is -2.47. The van der Waals surface area contributed by atoms with E-state index in [2.05, 4.69) is 42.7 Å². The first kappa shape index (κ1) is 15.5. The largest absolute Gasteiger partial charge is 0.353 e. The molecule has 134 valence electrons. The molecule has 0 atom stereocenters. The number of nitrogens with zero attached hydrogens (tertiary/aromatic N) is 8. The molecule has 0 N–H and O–H groups in total. The van der Waals surface area contributed by atoms with Crippen molar-refractivity contribution >= 4 is 22.8 Å². The van der Waals surface area contributed by atoms with E-state index in [0.717, 1.165) is 60.5 Å². The Bertz CT molecular complexity index is 953. The lowest BCUT2D eigenvalue weighted by molar-refractivity contribution is 0.639. The van der Waals surface area contributed by atoms with E-state index in [1.807, 2.05) is 11.6 Å². The maximum absolute atomic E-state index is 4.83. The Morgan fingerprint density at radius 1 is 0.962 bits per heavy atom. The van der Waals surface area contributed by atoms with Gasteiger partial charge in [0.25, 0.3) is 0 Å². The normalized spacial score (nSPS) is 17.9. The Morgan fingerprint density at radius 3 is 2.50 bits per heavy atom. The van der Waals surface area contributed by atoms with E-state index in [1.54, 1.807) is 12.7 Å². The summed E-state index contributed by atoms with van der Waals surface area (Å²) in [7, 11) is 1.96. The van der Waals surface area contributed by atoms with Crippen molar-refractivity contribution in [1.29, 1.82) is 0 Å². The molecule has 26 heavy (non-hydrogen) atoms. The van der Waals surface area contributed by atoms with Crippen LogP contribution < -0.4 is 9.80 Å². The number of piperazine rings is 1. The highest BCUT2D eigenvalue weighted by molar-refractivity contribution is 5.83. The van der Waals surface area contributed by atoms with Gasteiger partial charge >= 0.3 is 0 Å². The summed E-state index contributed by atoms with van der Waals surface area (Å²) in [4.78, 5) is 27.4. The molecular formula is C18H22N8. The Labute approximate surface area is 151 Å². The van der Waals surface area contributed by atoms with Gasteiger partial charge in [-0.2, -0.15) is 0 Å². The summed E-state index contributed by atoms with van der Waals surface area (Å²) in [5, 5.41) is 0. The van der Waals surface area contributed by atoms with E-state index in [9.17, 15) is 0 Å². The van der Waals surface area contributed by atoms with Gasteiger partial charge in [-0.1, -0.05) is 0 Å². The van der Waals surface area contributed by atoms with E-state index in [4.69, 9.17) is 4.98 Å². The van der Waals surface area contributed by atoms with Crippen LogP contribution in [0.15, 0.2) is 18.7 Å². The molecule has 0 unspecified atom stereocenters. The summed E-state index contributed by atoms with van der Waals surface area (Å²) in [5.41, 5.74) is 2.81. The number of fused-ring (bicyclic) bond motifs is 1. The average Bonchev–Trinajstić information content (AvgIpc) is 3.45. The van der Waals surface area contributed by atoms with Crippen molar-refractivity contribution in [2.24, 2.45) is 7.05 Å². The Kier molecular flexibility index (Phi) is 3.51. The highest BCUT2D eigenvalue weighted by Gasteiger charge is 2.28. The van der Waals surface area contributed by atoms with Crippen LogP contribution in [0.4, 0.5) is 11.6 Å². The van der Waals surface area contributed by atoms with E-state index >= 15 is 0 Å². The van der Waals surface area contributed by atoms with Gasteiger partial charge in [-0.15, -0.1) is 0 Å². The molecule has 8 heteroatoms. The molecule has 8 nitrogen and oxygen atoms in total. The Morgan fingerprint density at radius 2 is 1.73 bits per heavy atom.